The maximum atomic E-state index is 8.26. The lowest BCUT2D eigenvalue weighted by molar-refractivity contribution is 0.915. The monoisotopic (exact) mass is 431 g/mol. The lowest BCUT2D eigenvalue weighted by Crippen LogP contribution is -2.26. The minimum absolute atomic E-state index is 0.0154. The number of nitrogens with one attached hydrogen (secondary N) is 2. The molecule has 4 rings (SSSR count). The van der Waals surface area contributed by atoms with E-state index in [2.05, 4.69) is 45.2 Å². The minimum atomic E-state index is 0.0154. The molecule has 0 aliphatic carbocycles. The van der Waals surface area contributed by atoms with E-state index in [1.807, 2.05) is 60.5 Å². The molecule has 0 spiro atoms. The number of benzene rings is 3. The minimum Gasteiger partial charge on any atom is -0.329 e. The first-order valence-corrected chi connectivity index (χ1v) is 9.54. The van der Waals surface area contributed by atoms with Crippen molar-refractivity contribution in [2.24, 2.45) is 0 Å². The Balaban J connectivity index is 1.87. The molecule has 1 heterocycles. The molecule has 1 aromatic heterocycles. The van der Waals surface area contributed by atoms with Crippen molar-refractivity contribution in [1.82, 2.24) is 9.55 Å². The number of nitrogens with zero attached hydrogens (tertiary/aromatic N) is 3. The van der Waals surface area contributed by atoms with Gasteiger partial charge in [0.2, 0.25) is 5.62 Å². The summed E-state index contributed by atoms with van der Waals surface area (Å²) in [6.07, 6.45) is 1.11. The third kappa shape index (κ3) is 3.23. The standard InChI is InChI=1S/C22H18BrN5/c1-27(18-9-5-8-16(12-18)15-6-3-2-4-7-15)21-19-11-10-17(23)13-20(19)28(14-24)22(25)26-21/h2-14,24-25H,1H3. The van der Waals surface area contributed by atoms with Gasteiger partial charge in [0.05, 0.1) is 11.9 Å². The number of halogens is 1. The van der Waals surface area contributed by atoms with Crippen LogP contribution in [0.5, 0.6) is 0 Å². The number of rotatable bonds is 4. The van der Waals surface area contributed by atoms with Gasteiger partial charge in [-0.15, -0.1) is 0 Å². The Morgan fingerprint density at radius 1 is 0.964 bits per heavy atom. The van der Waals surface area contributed by atoms with Gasteiger partial charge in [-0.25, -0.2) is 0 Å². The van der Waals surface area contributed by atoms with E-state index in [0.29, 0.717) is 5.82 Å². The Morgan fingerprint density at radius 3 is 2.46 bits per heavy atom. The first-order chi connectivity index (χ1) is 13.6. The molecule has 0 amide bonds. The molecule has 0 fully saturated rings. The normalized spacial score (nSPS) is 10.8. The van der Waals surface area contributed by atoms with E-state index in [1.165, 1.54) is 4.57 Å². The first kappa shape index (κ1) is 18.1. The quantitative estimate of drug-likeness (QED) is 0.345. The molecule has 6 heteroatoms. The lowest BCUT2D eigenvalue weighted by atomic mass is 10.0. The number of aromatic nitrogens is 2. The molecule has 2 N–H and O–H groups in total. The molecule has 3 aromatic carbocycles. The predicted molar refractivity (Wildman–Crippen MR) is 117 cm³/mol. The Labute approximate surface area is 171 Å². The van der Waals surface area contributed by atoms with Crippen LogP contribution in [0.25, 0.3) is 22.0 Å². The summed E-state index contributed by atoms with van der Waals surface area (Å²) in [4.78, 5) is 6.45. The van der Waals surface area contributed by atoms with Crippen LogP contribution in [0.2, 0.25) is 0 Å². The maximum absolute atomic E-state index is 8.26. The van der Waals surface area contributed by atoms with Gasteiger partial charge in [0.1, 0.15) is 5.82 Å². The summed E-state index contributed by atoms with van der Waals surface area (Å²) in [6, 6.07) is 24.3. The van der Waals surface area contributed by atoms with E-state index in [-0.39, 0.29) is 5.62 Å². The molecule has 0 aliphatic rings. The number of hydrogen-bond donors (Lipinski definition) is 2. The summed E-state index contributed by atoms with van der Waals surface area (Å²) in [5.74, 6) is 0.677. The van der Waals surface area contributed by atoms with Crippen LogP contribution >= 0.6 is 15.9 Å². The topological polar surface area (TPSA) is 68.8 Å². The van der Waals surface area contributed by atoms with Gasteiger partial charge < -0.3 is 4.90 Å². The van der Waals surface area contributed by atoms with Crippen molar-refractivity contribution in [2.45, 2.75) is 0 Å². The van der Waals surface area contributed by atoms with E-state index in [9.17, 15) is 0 Å². The van der Waals surface area contributed by atoms with Crippen LogP contribution in [-0.4, -0.2) is 22.9 Å². The number of fused-ring (bicyclic) bond motifs is 1. The SMILES string of the molecule is CN(c1cccc(-c2ccccc2)c1)c1nc(=N)n(C=N)c2cc(Br)ccc12. The summed E-state index contributed by atoms with van der Waals surface area (Å²) in [5, 5.41) is 16.8. The molecule has 0 unspecified atom stereocenters. The molecule has 5 nitrogen and oxygen atoms in total. The van der Waals surface area contributed by atoms with Crippen molar-refractivity contribution >= 4 is 44.7 Å². The lowest BCUT2D eigenvalue weighted by Gasteiger charge is -2.22. The molecule has 0 saturated heterocycles. The van der Waals surface area contributed by atoms with Gasteiger partial charge in [0.25, 0.3) is 0 Å². The van der Waals surface area contributed by atoms with Crippen LogP contribution in [0.1, 0.15) is 0 Å². The van der Waals surface area contributed by atoms with Gasteiger partial charge in [-0.1, -0.05) is 58.4 Å². The van der Waals surface area contributed by atoms with Gasteiger partial charge in [0.15, 0.2) is 0 Å². The van der Waals surface area contributed by atoms with Crippen LogP contribution in [-0.2, 0) is 0 Å². The second-order valence-electron chi connectivity index (χ2n) is 6.39. The third-order valence-electron chi connectivity index (χ3n) is 4.69. The van der Waals surface area contributed by atoms with Crippen molar-refractivity contribution in [3.05, 3.63) is 82.9 Å². The smallest absolute Gasteiger partial charge is 0.229 e. The Morgan fingerprint density at radius 2 is 1.71 bits per heavy atom. The fourth-order valence-corrected chi connectivity index (χ4v) is 3.60. The van der Waals surface area contributed by atoms with Crippen molar-refractivity contribution in [3.8, 4) is 11.1 Å². The molecular formula is C22H18BrN5. The highest BCUT2D eigenvalue weighted by Crippen LogP contribution is 2.31. The largest absolute Gasteiger partial charge is 0.329 e. The first-order valence-electron chi connectivity index (χ1n) is 8.74. The van der Waals surface area contributed by atoms with Gasteiger partial charge in [-0.05, 0) is 41.5 Å². The predicted octanol–water partition coefficient (Wildman–Crippen LogP) is 5.17. The average Bonchev–Trinajstić information content (AvgIpc) is 2.73. The van der Waals surface area contributed by atoms with Crippen molar-refractivity contribution < 1.29 is 0 Å². The van der Waals surface area contributed by atoms with E-state index >= 15 is 0 Å². The second-order valence-corrected chi connectivity index (χ2v) is 7.31. The van der Waals surface area contributed by atoms with Crippen LogP contribution in [0, 0.1) is 10.8 Å². The van der Waals surface area contributed by atoms with Crippen LogP contribution in [0.3, 0.4) is 0 Å². The van der Waals surface area contributed by atoms with Crippen molar-refractivity contribution in [3.63, 3.8) is 0 Å². The van der Waals surface area contributed by atoms with Crippen LogP contribution < -0.4 is 10.5 Å². The fraction of sp³-hybridized carbons (Fsp3) is 0.0455. The highest BCUT2D eigenvalue weighted by molar-refractivity contribution is 9.10. The molecule has 4 aromatic rings. The van der Waals surface area contributed by atoms with Gasteiger partial charge in [-0.2, -0.15) is 4.98 Å². The van der Waals surface area contributed by atoms with Crippen LogP contribution in [0.15, 0.2) is 77.3 Å². The average molecular weight is 432 g/mol. The Bertz CT molecular complexity index is 1230. The van der Waals surface area contributed by atoms with E-state index in [1.54, 1.807) is 0 Å². The molecule has 138 valence electrons. The highest BCUT2D eigenvalue weighted by atomic mass is 79.9. The van der Waals surface area contributed by atoms with Crippen molar-refractivity contribution in [1.29, 1.82) is 10.8 Å². The molecule has 0 saturated carbocycles. The molecule has 28 heavy (non-hydrogen) atoms. The summed E-state index contributed by atoms with van der Waals surface area (Å²) in [7, 11) is 1.95. The molecule has 0 aliphatic heterocycles. The van der Waals surface area contributed by atoms with Gasteiger partial charge in [-0.3, -0.25) is 15.4 Å². The zero-order valence-electron chi connectivity index (χ0n) is 15.2. The van der Waals surface area contributed by atoms with E-state index in [0.717, 1.165) is 38.5 Å². The molecule has 0 bridgehead atoms. The highest BCUT2D eigenvalue weighted by Gasteiger charge is 2.14. The van der Waals surface area contributed by atoms with Crippen LogP contribution in [0.4, 0.5) is 11.5 Å². The summed E-state index contributed by atoms with van der Waals surface area (Å²) >= 11 is 3.48. The zero-order chi connectivity index (χ0) is 19.7. The maximum Gasteiger partial charge on any atom is 0.229 e. The zero-order valence-corrected chi connectivity index (χ0v) is 16.8. The molecule has 0 atom stereocenters. The summed E-state index contributed by atoms with van der Waals surface area (Å²) in [6.45, 7) is 0. The third-order valence-corrected chi connectivity index (χ3v) is 5.18. The Hall–Kier alpha value is -3.25. The van der Waals surface area contributed by atoms with Gasteiger partial charge >= 0.3 is 0 Å². The molecule has 0 radical (unpaired) electrons. The van der Waals surface area contributed by atoms with Crippen molar-refractivity contribution in [2.75, 3.05) is 11.9 Å². The fourth-order valence-electron chi connectivity index (χ4n) is 3.26. The van der Waals surface area contributed by atoms with E-state index in [4.69, 9.17) is 10.8 Å². The Kier molecular flexibility index (Phi) is 4.79. The number of anilines is 2. The molecular weight excluding hydrogens is 414 g/mol. The summed E-state index contributed by atoms with van der Waals surface area (Å²) in [5.41, 5.74) is 4.01. The second kappa shape index (κ2) is 7.40. The van der Waals surface area contributed by atoms with Gasteiger partial charge in [0, 0.05) is 22.6 Å². The number of hydrogen-bond acceptors (Lipinski definition) is 4. The summed E-state index contributed by atoms with van der Waals surface area (Å²) < 4.78 is 2.35. The van der Waals surface area contributed by atoms with E-state index < -0.39 is 0 Å².